The highest BCUT2D eigenvalue weighted by molar-refractivity contribution is 6.44. The van der Waals surface area contributed by atoms with Gasteiger partial charge in [0.1, 0.15) is 0 Å². The molecule has 1 atom stereocenters. The van der Waals surface area contributed by atoms with E-state index in [4.69, 9.17) is 34.8 Å². The molecule has 1 amide bonds. The van der Waals surface area contributed by atoms with E-state index in [9.17, 15) is 4.79 Å². The molecule has 122 valence electrons. The summed E-state index contributed by atoms with van der Waals surface area (Å²) in [6.45, 7) is 2.20. The fraction of sp³-hybridized carbons (Fsp3) is 0.235. The molecule has 0 radical (unpaired) electrons. The SMILES string of the molecule is CC(c1ccccc1Cl)N(C)CC(=O)Nc1cccc(Cl)c1Cl. The Kier molecular flexibility index (Phi) is 6.31. The van der Waals surface area contributed by atoms with Crippen LogP contribution in [0, 0.1) is 0 Å². The van der Waals surface area contributed by atoms with Crippen molar-refractivity contribution in [2.24, 2.45) is 0 Å². The number of benzene rings is 2. The Hall–Kier alpha value is -1.26. The van der Waals surface area contributed by atoms with Crippen molar-refractivity contribution in [2.75, 3.05) is 18.9 Å². The smallest absolute Gasteiger partial charge is 0.238 e. The van der Waals surface area contributed by atoms with Gasteiger partial charge in [0, 0.05) is 11.1 Å². The van der Waals surface area contributed by atoms with Gasteiger partial charge in [0.15, 0.2) is 0 Å². The number of likely N-dealkylation sites (N-methyl/N-ethyl adjacent to an activating group) is 1. The first-order valence-corrected chi connectivity index (χ1v) is 8.22. The van der Waals surface area contributed by atoms with Gasteiger partial charge in [-0.15, -0.1) is 0 Å². The quantitative estimate of drug-likeness (QED) is 0.775. The average Bonchev–Trinajstić information content (AvgIpc) is 2.51. The monoisotopic (exact) mass is 370 g/mol. The summed E-state index contributed by atoms with van der Waals surface area (Å²) in [5.74, 6) is -0.171. The Morgan fingerprint density at radius 1 is 1.09 bits per heavy atom. The van der Waals surface area contributed by atoms with Gasteiger partial charge in [-0.05, 0) is 37.7 Å². The maximum absolute atomic E-state index is 12.2. The number of carbonyl (C=O) groups excluding carboxylic acids is 1. The molecule has 0 saturated carbocycles. The van der Waals surface area contributed by atoms with Crippen LogP contribution in [0.2, 0.25) is 15.1 Å². The van der Waals surface area contributed by atoms with Crippen LogP contribution in [0.15, 0.2) is 42.5 Å². The number of anilines is 1. The van der Waals surface area contributed by atoms with Gasteiger partial charge < -0.3 is 5.32 Å². The first kappa shape index (κ1) is 18.1. The molecule has 0 heterocycles. The number of nitrogens with zero attached hydrogens (tertiary/aromatic N) is 1. The predicted molar refractivity (Wildman–Crippen MR) is 97.6 cm³/mol. The fourth-order valence-corrected chi connectivity index (χ4v) is 2.85. The van der Waals surface area contributed by atoms with E-state index >= 15 is 0 Å². The summed E-state index contributed by atoms with van der Waals surface area (Å²) < 4.78 is 0. The second-order valence-corrected chi connectivity index (χ2v) is 6.45. The van der Waals surface area contributed by atoms with Crippen LogP contribution in [0.25, 0.3) is 0 Å². The van der Waals surface area contributed by atoms with E-state index in [1.165, 1.54) is 0 Å². The van der Waals surface area contributed by atoms with Gasteiger partial charge in [0.05, 0.1) is 22.3 Å². The summed E-state index contributed by atoms with van der Waals surface area (Å²) in [4.78, 5) is 14.1. The Bertz CT molecular complexity index is 706. The molecular weight excluding hydrogens is 355 g/mol. The van der Waals surface area contributed by atoms with Gasteiger partial charge in [0.25, 0.3) is 0 Å². The highest BCUT2D eigenvalue weighted by Gasteiger charge is 2.17. The largest absolute Gasteiger partial charge is 0.324 e. The molecular formula is C17H17Cl3N2O. The zero-order chi connectivity index (χ0) is 17.0. The number of nitrogens with one attached hydrogen (secondary N) is 1. The van der Waals surface area contributed by atoms with Crippen molar-refractivity contribution in [3.63, 3.8) is 0 Å². The predicted octanol–water partition coefficient (Wildman–Crippen LogP) is 5.28. The summed E-state index contributed by atoms with van der Waals surface area (Å²) in [5, 5.41) is 4.20. The van der Waals surface area contributed by atoms with E-state index in [0.717, 1.165) is 5.56 Å². The zero-order valence-electron chi connectivity index (χ0n) is 12.8. The summed E-state index contributed by atoms with van der Waals surface area (Å²) in [6, 6.07) is 12.7. The maximum atomic E-state index is 12.2. The normalized spacial score (nSPS) is 12.3. The third-order valence-electron chi connectivity index (χ3n) is 3.64. The highest BCUT2D eigenvalue weighted by atomic mass is 35.5. The van der Waals surface area contributed by atoms with Crippen LogP contribution in [-0.4, -0.2) is 24.4 Å². The third-order valence-corrected chi connectivity index (χ3v) is 4.80. The van der Waals surface area contributed by atoms with Crippen molar-refractivity contribution < 1.29 is 4.79 Å². The number of carbonyl (C=O) groups is 1. The summed E-state index contributed by atoms with van der Waals surface area (Å²) >= 11 is 18.2. The standard InChI is InChI=1S/C17H17Cl3N2O/c1-11(12-6-3-4-7-13(12)18)22(2)10-16(23)21-15-9-5-8-14(19)17(15)20/h3-9,11H,10H2,1-2H3,(H,21,23). The van der Waals surface area contributed by atoms with Gasteiger partial charge in [-0.1, -0.05) is 59.1 Å². The molecule has 1 unspecified atom stereocenters. The van der Waals surface area contributed by atoms with E-state index in [2.05, 4.69) is 5.32 Å². The number of hydrogen-bond acceptors (Lipinski definition) is 2. The molecule has 1 N–H and O–H groups in total. The lowest BCUT2D eigenvalue weighted by atomic mass is 10.1. The molecule has 3 nitrogen and oxygen atoms in total. The minimum Gasteiger partial charge on any atom is -0.324 e. The van der Waals surface area contributed by atoms with Gasteiger partial charge in [-0.3, -0.25) is 9.69 Å². The molecule has 2 aromatic carbocycles. The average molecular weight is 372 g/mol. The van der Waals surface area contributed by atoms with E-state index in [1.54, 1.807) is 18.2 Å². The maximum Gasteiger partial charge on any atom is 0.238 e. The topological polar surface area (TPSA) is 32.3 Å². The van der Waals surface area contributed by atoms with Crippen molar-refractivity contribution in [2.45, 2.75) is 13.0 Å². The van der Waals surface area contributed by atoms with E-state index in [0.29, 0.717) is 20.8 Å². The summed E-state index contributed by atoms with van der Waals surface area (Å²) in [5.41, 5.74) is 1.48. The van der Waals surface area contributed by atoms with Crippen LogP contribution in [0.5, 0.6) is 0 Å². The molecule has 0 bridgehead atoms. The van der Waals surface area contributed by atoms with Gasteiger partial charge in [0.2, 0.25) is 5.91 Å². The minimum atomic E-state index is -0.171. The Balaban J connectivity index is 2.02. The Morgan fingerprint density at radius 2 is 1.74 bits per heavy atom. The van der Waals surface area contributed by atoms with Gasteiger partial charge >= 0.3 is 0 Å². The van der Waals surface area contributed by atoms with Crippen molar-refractivity contribution in [3.05, 3.63) is 63.1 Å². The van der Waals surface area contributed by atoms with Gasteiger partial charge in [-0.25, -0.2) is 0 Å². The molecule has 0 saturated heterocycles. The molecule has 0 aliphatic carbocycles. The molecule has 23 heavy (non-hydrogen) atoms. The zero-order valence-corrected chi connectivity index (χ0v) is 15.1. The number of amides is 1. The van der Waals surface area contributed by atoms with E-state index in [-0.39, 0.29) is 18.5 Å². The van der Waals surface area contributed by atoms with Crippen LogP contribution < -0.4 is 5.32 Å². The molecule has 2 rings (SSSR count). The molecule has 0 aliphatic heterocycles. The van der Waals surface area contributed by atoms with Crippen LogP contribution in [0.4, 0.5) is 5.69 Å². The van der Waals surface area contributed by atoms with Crippen molar-refractivity contribution in [3.8, 4) is 0 Å². The first-order chi connectivity index (χ1) is 10.9. The summed E-state index contributed by atoms with van der Waals surface area (Å²) in [7, 11) is 1.87. The molecule has 2 aromatic rings. The second-order valence-electron chi connectivity index (χ2n) is 5.26. The van der Waals surface area contributed by atoms with E-state index in [1.807, 2.05) is 43.1 Å². The lowest BCUT2D eigenvalue weighted by Gasteiger charge is -2.25. The molecule has 6 heteroatoms. The number of rotatable bonds is 5. The molecule has 0 spiro atoms. The Morgan fingerprint density at radius 3 is 2.43 bits per heavy atom. The number of halogens is 3. The second kappa shape index (κ2) is 8.02. The lowest BCUT2D eigenvalue weighted by Crippen LogP contribution is -2.32. The van der Waals surface area contributed by atoms with Crippen molar-refractivity contribution in [1.82, 2.24) is 4.90 Å². The highest BCUT2D eigenvalue weighted by Crippen LogP contribution is 2.30. The van der Waals surface area contributed by atoms with Crippen LogP contribution in [-0.2, 0) is 4.79 Å². The molecule has 0 aromatic heterocycles. The van der Waals surface area contributed by atoms with Crippen molar-refractivity contribution >= 4 is 46.4 Å². The lowest BCUT2D eigenvalue weighted by molar-refractivity contribution is -0.117. The summed E-state index contributed by atoms with van der Waals surface area (Å²) in [6.07, 6.45) is 0. The molecule has 0 aliphatic rings. The third kappa shape index (κ3) is 4.61. The van der Waals surface area contributed by atoms with Gasteiger partial charge in [-0.2, -0.15) is 0 Å². The van der Waals surface area contributed by atoms with Crippen LogP contribution in [0.3, 0.4) is 0 Å². The van der Waals surface area contributed by atoms with Crippen molar-refractivity contribution in [1.29, 1.82) is 0 Å². The minimum absolute atomic E-state index is 0.00397. The number of hydrogen-bond donors (Lipinski definition) is 1. The van der Waals surface area contributed by atoms with Crippen LogP contribution in [0.1, 0.15) is 18.5 Å². The fourth-order valence-electron chi connectivity index (χ4n) is 2.20. The first-order valence-electron chi connectivity index (χ1n) is 7.08. The van der Waals surface area contributed by atoms with E-state index < -0.39 is 0 Å². The molecule has 0 fully saturated rings. The van der Waals surface area contributed by atoms with Crippen LogP contribution >= 0.6 is 34.8 Å². The Labute approximate surface area is 151 Å².